The average molecular weight is 130 g/mol. The first-order valence-corrected chi connectivity index (χ1v) is 3.42. The van der Waals surface area contributed by atoms with Gasteiger partial charge >= 0.3 is 0 Å². The molecule has 1 fully saturated rings. The van der Waals surface area contributed by atoms with Crippen molar-refractivity contribution >= 4 is 0 Å². The van der Waals surface area contributed by atoms with E-state index in [-0.39, 0.29) is 5.79 Å². The Morgan fingerprint density at radius 1 is 1.44 bits per heavy atom. The van der Waals surface area contributed by atoms with Gasteiger partial charge in [-0.1, -0.05) is 0 Å². The molecule has 9 heavy (non-hydrogen) atoms. The fourth-order valence-electron chi connectivity index (χ4n) is 1.05. The second-order valence-electron chi connectivity index (χ2n) is 2.97. The standard InChI is InChI=1S/C7H14O2/c1-6-4-5-8-7(2,3)9-6/h6H,4-5H2,1-3H3/t6-/m0/s1. The van der Waals surface area contributed by atoms with Crippen molar-refractivity contribution < 1.29 is 9.47 Å². The molecule has 0 aliphatic carbocycles. The van der Waals surface area contributed by atoms with Crippen molar-refractivity contribution in [2.24, 2.45) is 0 Å². The Morgan fingerprint density at radius 2 is 2.11 bits per heavy atom. The van der Waals surface area contributed by atoms with Crippen LogP contribution in [0.4, 0.5) is 0 Å². The van der Waals surface area contributed by atoms with Crippen LogP contribution in [0.1, 0.15) is 27.2 Å². The molecule has 0 bridgehead atoms. The molecule has 0 N–H and O–H groups in total. The molecule has 0 aromatic heterocycles. The van der Waals surface area contributed by atoms with Crippen molar-refractivity contribution in [3.63, 3.8) is 0 Å². The Morgan fingerprint density at radius 3 is 2.44 bits per heavy atom. The predicted molar refractivity (Wildman–Crippen MR) is 35.2 cm³/mol. The van der Waals surface area contributed by atoms with E-state index in [1.807, 2.05) is 13.8 Å². The predicted octanol–water partition coefficient (Wildman–Crippen LogP) is 1.55. The number of ether oxygens (including phenoxy) is 2. The molecule has 0 radical (unpaired) electrons. The van der Waals surface area contributed by atoms with Gasteiger partial charge in [0, 0.05) is 0 Å². The van der Waals surface area contributed by atoms with Crippen molar-refractivity contribution in [1.29, 1.82) is 0 Å². The zero-order valence-electron chi connectivity index (χ0n) is 6.31. The summed E-state index contributed by atoms with van der Waals surface area (Å²) in [5.74, 6) is -0.350. The lowest BCUT2D eigenvalue weighted by Gasteiger charge is -2.34. The molecule has 2 heteroatoms. The average Bonchev–Trinajstić information content (AvgIpc) is 1.60. The molecule has 54 valence electrons. The van der Waals surface area contributed by atoms with Gasteiger partial charge in [0.05, 0.1) is 12.7 Å². The fraction of sp³-hybridized carbons (Fsp3) is 1.00. The molecule has 0 unspecified atom stereocenters. The Balaban J connectivity index is 2.41. The van der Waals surface area contributed by atoms with E-state index < -0.39 is 0 Å². The summed E-state index contributed by atoms with van der Waals surface area (Å²) in [5, 5.41) is 0. The monoisotopic (exact) mass is 130 g/mol. The van der Waals surface area contributed by atoms with Crippen LogP contribution < -0.4 is 0 Å². The van der Waals surface area contributed by atoms with Crippen molar-refractivity contribution in [1.82, 2.24) is 0 Å². The lowest BCUT2D eigenvalue weighted by atomic mass is 10.2. The van der Waals surface area contributed by atoms with Crippen molar-refractivity contribution in [2.75, 3.05) is 6.61 Å². The van der Waals surface area contributed by atoms with E-state index in [1.54, 1.807) is 0 Å². The van der Waals surface area contributed by atoms with Gasteiger partial charge in [0.25, 0.3) is 0 Å². The van der Waals surface area contributed by atoms with E-state index in [4.69, 9.17) is 9.47 Å². The summed E-state index contributed by atoms with van der Waals surface area (Å²) < 4.78 is 10.8. The van der Waals surface area contributed by atoms with Gasteiger partial charge in [0.2, 0.25) is 0 Å². The second kappa shape index (κ2) is 2.27. The summed E-state index contributed by atoms with van der Waals surface area (Å²) in [7, 11) is 0. The number of hydrogen-bond donors (Lipinski definition) is 0. The molecule has 0 spiro atoms. The highest BCUT2D eigenvalue weighted by Crippen LogP contribution is 2.20. The van der Waals surface area contributed by atoms with E-state index >= 15 is 0 Å². The first kappa shape index (κ1) is 7.03. The smallest absolute Gasteiger partial charge is 0.163 e. The van der Waals surface area contributed by atoms with E-state index in [2.05, 4.69) is 6.92 Å². The highest BCUT2D eigenvalue weighted by molar-refractivity contribution is 4.64. The molecular formula is C7H14O2. The minimum atomic E-state index is -0.350. The second-order valence-corrected chi connectivity index (χ2v) is 2.97. The van der Waals surface area contributed by atoms with Crippen molar-refractivity contribution in [3.05, 3.63) is 0 Å². The molecule has 1 saturated heterocycles. The maximum atomic E-state index is 5.45. The van der Waals surface area contributed by atoms with E-state index in [0.29, 0.717) is 6.10 Å². The molecule has 1 heterocycles. The van der Waals surface area contributed by atoms with Crippen LogP contribution in [0, 0.1) is 0 Å². The number of rotatable bonds is 0. The van der Waals surface area contributed by atoms with Gasteiger partial charge in [-0.05, 0) is 27.2 Å². The summed E-state index contributed by atoms with van der Waals surface area (Å²) in [5.41, 5.74) is 0. The SMILES string of the molecule is C[C@H]1CCOC(C)(C)O1. The van der Waals surface area contributed by atoms with Gasteiger partial charge < -0.3 is 9.47 Å². The van der Waals surface area contributed by atoms with Gasteiger partial charge in [-0.3, -0.25) is 0 Å². The number of hydrogen-bond acceptors (Lipinski definition) is 2. The lowest BCUT2D eigenvalue weighted by molar-refractivity contribution is -0.268. The molecule has 0 amide bonds. The third kappa shape index (κ3) is 1.95. The molecule has 0 saturated carbocycles. The van der Waals surface area contributed by atoms with Gasteiger partial charge in [0.1, 0.15) is 0 Å². The Bertz CT molecular complexity index is 99.1. The van der Waals surface area contributed by atoms with Crippen LogP contribution in [0.15, 0.2) is 0 Å². The topological polar surface area (TPSA) is 18.5 Å². The van der Waals surface area contributed by atoms with Crippen LogP contribution in [0.5, 0.6) is 0 Å². The summed E-state index contributed by atoms with van der Waals surface area (Å²) in [4.78, 5) is 0. The first-order valence-electron chi connectivity index (χ1n) is 3.42. The maximum Gasteiger partial charge on any atom is 0.163 e. The van der Waals surface area contributed by atoms with Gasteiger partial charge in [-0.25, -0.2) is 0 Å². The quantitative estimate of drug-likeness (QED) is 0.495. The first-order chi connectivity index (χ1) is 4.10. The molecule has 1 rings (SSSR count). The summed E-state index contributed by atoms with van der Waals surface area (Å²) in [6.07, 6.45) is 1.37. The van der Waals surface area contributed by atoms with E-state index in [0.717, 1.165) is 13.0 Å². The summed E-state index contributed by atoms with van der Waals surface area (Å²) in [6.45, 7) is 6.80. The highest BCUT2D eigenvalue weighted by Gasteiger charge is 2.26. The van der Waals surface area contributed by atoms with Crippen LogP contribution >= 0.6 is 0 Å². The van der Waals surface area contributed by atoms with Crippen LogP contribution in [0.3, 0.4) is 0 Å². The minimum absolute atomic E-state index is 0.350. The summed E-state index contributed by atoms with van der Waals surface area (Å²) >= 11 is 0. The zero-order chi connectivity index (χ0) is 6.91. The molecular weight excluding hydrogens is 116 g/mol. The maximum absolute atomic E-state index is 5.45. The Labute approximate surface area is 56.2 Å². The molecule has 2 nitrogen and oxygen atoms in total. The largest absolute Gasteiger partial charge is 0.350 e. The van der Waals surface area contributed by atoms with Gasteiger partial charge in [-0.15, -0.1) is 0 Å². The van der Waals surface area contributed by atoms with Gasteiger partial charge in [-0.2, -0.15) is 0 Å². The minimum Gasteiger partial charge on any atom is -0.350 e. The summed E-state index contributed by atoms with van der Waals surface area (Å²) in [6, 6.07) is 0. The third-order valence-electron chi connectivity index (χ3n) is 1.46. The van der Waals surface area contributed by atoms with Crippen LogP contribution in [0.2, 0.25) is 0 Å². The third-order valence-corrected chi connectivity index (χ3v) is 1.46. The normalized spacial score (nSPS) is 34.3. The Hall–Kier alpha value is -0.0800. The molecule has 0 aromatic carbocycles. The van der Waals surface area contributed by atoms with Crippen molar-refractivity contribution in [2.45, 2.75) is 39.1 Å². The van der Waals surface area contributed by atoms with Crippen LogP contribution in [0.25, 0.3) is 0 Å². The lowest BCUT2D eigenvalue weighted by Crippen LogP contribution is -2.38. The Kier molecular flexibility index (Phi) is 1.78. The molecule has 1 atom stereocenters. The van der Waals surface area contributed by atoms with Gasteiger partial charge in [0.15, 0.2) is 5.79 Å². The zero-order valence-corrected chi connectivity index (χ0v) is 6.31. The van der Waals surface area contributed by atoms with Crippen LogP contribution in [-0.2, 0) is 9.47 Å². The van der Waals surface area contributed by atoms with Crippen molar-refractivity contribution in [3.8, 4) is 0 Å². The van der Waals surface area contributed by atoms with E-state index in [1.165, 1.54) is 0 Å². The van der Waals surface area contributed by atoms with E-state index in [9.17, 15) is 0 Å². The molecule has 0 aromatic rings. The van der Waals surface area contributed by atoms with Crippen LogP contribution in [-0.4, -0.2) is 18.5 Å². The highest BCUT2D eigenvalue weighted by atomic mass is 16.7. The molecule has 1 aliphatic rings. The fourth-order valence-corrected chi connectivity index (χ4v) is 1.05. The molecule has 1 aliphatic heterocycles.